The summed E-state index contributed by atoms with van der Waals surface area (Å²) >= 11 is 1.80. The lowest BCUT2D eigenvalue weighted by atomic mass is 9.87. The van der Waals surface area contributed by atoms with Gasteiger partial charge in [-0.15, -0.1) is 11.3 Å². The van der Waals surface area contributed by atoms with Crippen LogP contribution in [0.15, 0.2) is 11.4 Å². The highest BCUT2D eigenvalue weighted by Gasteiger charge is 2.40. The maximum Gasteiger partial charge on any atom is 0.145 e. The molecule has 2 aliphatic rings. The van der Waals surface area contributed by atoms with Crippen LogP contribution in [0.3, 0.4) is 0 Å². The predicted molar refractivity (Wildman–Crippen MR) is 66.6 cm³/mol. The molecule has 88 valence electrons. The van der Waals surface area contributed by atoms with E-state index in [1.807, 2.05) is 0 Å². The predicted octanol–water partition coefficient (Wildman–Crippen LogP) is 2.72. The molecule has 0 radical (unpaired) electrons. The van der Waals surface area contributed by atoms with Crippen molar-refractivity contribution < 1.29 is 5.11 Å². The van der Waals surface area contributed by atoms with Crippen molar-refractivity contribution in [1.29, 1.82) is 0 Å². The van der Waals surface area contributed by atoms with Crippen molar-refractivity contribution in [3.05, 3.63) is 21.9 Å². The van der Waals surface area contributed by atoms with Crippen molar-refractivity contribution in [1.82, 2.24) is 4.90 Å². The van der Waals surface area contributed by atoms with E-state index in [1.54, 1.807) is 11.3 Å². The maximum absolute atomic E-state index is 11.0. The number of fused-ring (bicyclic) bond motifs is 1. The summed E-state index contributed by atoms with van der Waals surface area (Å²) in [4.78, 5) is 3.71. The zero-order valence-electron chi connectivity index (χ0n) is 9.61. The largest absolute Gasteiger partial charge is 0.371 e. The number of piperidine rings is 1. The summed E-state index contributed by atoms with van der Waals surface area (Å²) in [6.07, 6.45) is 6.99. The Morgan fingerprint density at radius 3 is 2.81 bits per heavy atom. The Balaban J connectivity index is 1.93. The van der Waals surface area contributed by atoms with Gasteiger partial charge in [-0.05, 0) is 43.6 Å². The Hall–Kier alpha value is -0.380. The molecule has 3 heteroatoms. The molecule has 1 aromatic heterocycles. The van der Waals surface area contributed by atoms with Gasteiger partial charge in [0.1, 0.15) is 5.72 Å². The summed E-state index contributed by atoms with van der Waals surface area (Å²) in [5.41, 5.74) is 0.555. The second-order valence-corrected chi connectivity index (χ2v) is 5.98. The van der Waals surface area contributed by atoms with E-state index in [4.69, 9.17) is 0 Å². The number of thiophene rings is 1. The van der Waals surface area contributed by atoms with Crippen LogP contribution in [0.2, 0.25) is 0 Å². The number of hydrogen-bond acceptors (Lipinski definition) is 3. The van der Waals surface area contributed by atoms with E-state index in [-0.39, 0.29) is 0 Å². The third-order valence-corrected chi connectivity index (χ3v) is 4.97. The molecule has 1 fully saturated rings. The van der Waals surface area contributed by atoms with Gasteiger partial charge in [0.05, 0.1) is 0 Å². The first-order chi connectivity index (χ1) is 7.81. The molecule has 0 bridgehead atoms. The van der Waals surface area contributed by atoms with E-state index < -0.39 is 5.72 Å². The third-order valence-electron chi connectivity index (χ3n) is 3.99. The van der Waals surface area contributed by atoms with Crippen LogP contribution >= 0.6 is 11.3 Å². The number of hydrogen-bond donors (Lipinski definition) is 1. The second-order valence-electron chi connectivity index (χ2n) is 4.98. The van der Waals surface area contributed by atoms with Crippen molar-refractivity contribution in [3.8, 4) is 0 Å². The lowest BCUT2D eigenvalue weighted by Gasteiger charge is -2.44. The molecule has 1 N–H and O–H groups in total. The molecule has 2 nitrogen and oxygen atoms in total. The molecule has 1 unspecified atom stereocenters. The van der Waals surface area contributed by atoms with Crippen molar-refractivity contribution in [2.75, 3.05) is 13.1 Å². The molecular formula is C13H19NOS. The lowest BCUT2D eigenvalue weighted by Crippen LogP contribution is -2.50. The number of nitrogens with zero attached hydrogens (tertiary/aromatic N) is 1. The fourth-order valence-electron chi connectivity index (χ4n) is 3.11. The number of aliphatic hydroxyl groups is 1. The van der Waals surface area contributed by atoms with Gasteiger partial charge in [-0.1, -0.05) is 6.42 Å². The molecule has 2 heterocycles. The van der Waals surface area contributed by atoms with Gasteiger partial charge >= 0.3 is 0 Å². The quantitative estimate of drug-likeness (QED) is 0.812. The smallest absolute Gasteiger partial charge is 0.145 e. The van der Waals surface area contributed by atoms with E-state index in [0.717, 1.165) is 32.4 Å². The first-order valence-electron chi connectivity index (χ1n) is 6.35. The van der Waals surface area contributed by atoms with Gasteiger partial charge in [-0.3, -0.25) is 4.90 Å². The summed E-state index contributed by atoms with van der Waals surface area (Å²) in [5.74, 6) is 0. The summed E-state index contributed by atoms with van der Waals surface area (Å²) in [7, 11) is 0. The SMILES string of the molecule is OC1(N2CCCCC2)CCCc2sccc21. The van der Waals surface area contributed by atoms with Crippen LogP contribution in [-0.2, 0) is 12.1 Å². The molecule has 0 saturated carbocycles. The molecule has 0 aromatic carbocycles. The fraction of sp³-hybridized carbons (Fsp3) is 0.692. The Morgan fingerprint density at radius 2 is 2.00 bits per heavy atom. The molecule has 1 saturated heterocycles. The second kappa shape index (κ2) is 4.13. The first-order valence-corrected chi connectivity index (χ1v) is 7.23. The molecule has 1 atom stereocenters. The highest BCUT2D eigenvalue weighted by atomic mass is 32.1. The van der Waals surface area contributed by atoms with E-state index in [9.17, 15) is 5.11 Å². The Morgan fingerprint density at radius 1 is 1.19 bits per heavy atom. The summed E-state index contributed by atoms with van der Waals surface area (Å²) in [6, 6.07) is 2.13. The minimum atomic E-state index is -0.645. The van der Waals surface area contributed by atoms with Crippen LogP contribution in [0.1, 0.15) is 42.5 Å². The molecule has 0 spiro atoms. The summed E-state index contributed by atoms with van der Waals surface area (Å²) in [5, 5.41) is 13.1. The van der Waals surface area contributed by atoms with E-state index >= 15 is 0 Å². The van der Waals surface area contributed by atoms with E-state index in [2.05, 4.69) is 16.3 Å². The Labute approximate surface area is 101 Å². The number of likely N-dealkylation sites (tertiary alicyclic amines) is 1. The molecule has 1 aliphatic carbocycles. The molecule has 16 heavy (non-hydrogen) atoms. The van der Waals surface area contributed by atoms with Crippen molar-refractivity contribution in [3.63, 3.8) is 0 Å². The van der Waals surface area contributed by atoms with Crippen LogP contribution in [0.5, 0.6) is 0 Å². The monoisotopic (exact) mass is 237 g/mol. The molecule has 3 rings (SSSR count). The van der Waals surface area contributed by atoms with Crippen LogP contribution in [0.25, 0.3) is 0 Å². The maximum atomic E-state index is 11.0. The summed E-state index contributed by atoms with van der Waals surface area (Å²) in [6.45, 7) is 2.12. The van der Waals surface area contributed by atoms with Gasteiger partial charge in [0, 0.05) is 23.5 Å². The minimum Gasteiger partial charge on any atom is -0.371 e. The fourth-order valence-corrected chi connectivity index (χ4v) is 4.10. The van der Waals surface area contributed by atoms with Crippen molar-refractivity contribution in [2.45, 2.75) is 44.2 Å². The van der Waals surface area contributed by atoms with E-state index in [1.165, 1.54) is 29.7 Å². The zero-order valence-corrected chi connectivity index (χ0v) is 10.4. The average molecular weight is 237 g/mol. The van der Waals surface area contributed by atoms with E-state index in [0.29, 0.717) is 0 Å². The molecule has 0 amide bonds. The Bertz CT molecular complexity index is 370. The normalized spacial score (nSPS) is 31.3. The van der Waals surface area contributed by atoms with Gasteiger partial charge in [-0.25, -0.2) is 0 Å². The first kappa shape index (κ1) is 10.8. The van der Waals surface area contributed by atoms with Crippen LogP contribution in [-0.4, -0.2) is 23.1 Å². The molecular weight excluding hydrogens is 218 g/mol. The number of rotatable bonds is 1. The third kappa shape index (κ3) is 1.62. The minimum absolute atomic E-state index is 0.645. The van der Waals surface area contributed by atoms with Gasteiger partial charge in [-0.2, -0.15) is 0 Å². The van der Waals surface area contributed by atoms with Gasteiger partial charge in [0.25, 0.3) is 0 Å². The molecule has 1 aromatic rings. The zero-order chi connectivity index (χ0) is 11.0. The highest BCUT2D eigenvalue weighted by Crippen LogP contribution is 2.41. The van der Waals surface area contributed by atoms with Crippen LogP contribution in [0, 0.1) is 0 Å². The van der Waals surface area contributed by atoms with Crippen LogP contribution < -0.4 is 0 Å². The van der Waals surface area contributed by atoms with Crippen molar-refractivity contribution in [2.24, 2.45) is 0 Å². The number of aryl methyl sites for hydroxylation is 1. The van der Waals surface area contributed by atoms with Crippen molar-refractivity contribution >= 4 is 11.3 Å². The topological polar surface area (TPSA) is 23.5 Å². The van der Waals surface area contributed by atoms with Crippen LogP contribution in [0.4, 0.5) is 0 Å². The molecule has 1 aliphatic heterocycles. The van der Waals surface area contributed by atoms with Gasteiger partial charge in [0.2, 0.25) is 0 Å². The Kier molecular flexibility index (Phi) is 2.78. The highest BCUT2D eigenvalue weighted by molar-refractivity contribution is 7.10. The summed E-state index contributed by atoms with van der Waals surface area (Å²) < 4.78 is 0. The van der Waals surface area contributed by atoms with Gasteiger partial charge < -0.3 is 5.11 Å². The standard InChI is InChI=1S/C13H19NOS/c15-13(14-8-2-1-3-9-14)7-4-5-12-11(13)6-10-16-12/h6,10,15H,1-5,7-9H2. The van der Waals surface area contributed by atoms with Gasteiger partial charge in [0.15, 0.2) is 0 Å². The lowest BCUT2D eigenvalue weighted by molar-refractivity contribution is -0.134. The average Bonchev–Trinajstić information content (AvgIpc) is 2.80.